The molecule has 0 amide bonds. The van der Waals surface area contributed by atoms with Gasteiger partial charge < -0.3 is 10.5 Å². The van der Waals surface area contributed by atoms with Gasteiger partial charge in [0, 0.05) is 12.6 Å². The summed E-state index contributed by atoms with van der Waals surface area (Å²) in [6, 6.07) is 0.354. The summed E-state index contributed by atoms with van der Waals surface area (Å²) < 4.78 is 5.59. The molecule has 3 atom stereocenters. The summed E-state index contributed by atoms with van der Waals surface area (Å²) in [4.78, 5) is 0. The average Bonchev–Trinajstić information content (AvgIpc) is 2.55. The molecule has 84 valence electrons. The largest absolute Gasteiger partial charge is 0.378 e. The van der Waals surface area contributed by atoms with E-state index in [1.54, 1.807) is 0 Å². The third-order valence-corrected chi connectivity index (χ3v) is 3.02. The van der Waals surface area contributed by atoms with E-state index in [-0.39, 0.29) is 0 Å². The molecule has 1 saturated heterocycles. The van der Waals surface area contributed by atoms with E-state index in [0.717, 1.165) is 18.9 Å². The summed E-state index contributed by atoms with van der Waals surface area (Å²) in [5.74, 6) is 0.774. The van der Waals surface area contributed by atoms with Crippen molar-refractivity contribution >= 4 is 0 Å². The first-order valence-electron chi connectivity index (χ1n) is 6.05. The van der Waals surface area contributed by atoms with Gasteiger partial charge in [-0.1, -0.05) is 19.8 Å². The Bertz CT molecular complexity index is 141. The molecule has 2 heteroatoms. The maximum atomic E-state index is 5.76. The van der Waals surface area contributed by atoms with E-state index in [1.807, 2.05) is 0 Å². The molecule has 1 aliphatic rings. The maximum absolute atomic E-state index is 5.76. The van der Waals surface area contributed by atoms with Crippen LogP contribution in [-0.4, -0.2) is 18.8 Å². The first kappa shape index (κ1) is 12.0. The van der Waals surface area contributed by atoms with Crippen LogP contribution < -0.4 is 5.73 Å². The topological polar surface area (TPSA) is 35.2 Å². The molecule has 0 aliphatic carbocycles. The van der Waals surface area contributed by atoms with Crippen molar-refractivity contribution < 1.29 is 4.74 Å². The highest BCUT2D eigenvalue weighted by Gasteiger charge is 2.15. The minimum atomic E-state index is 0.354. The second-order valence-corrected chi connectivity index (χ2v) is 4.88. The summed E-state index contributed by atoms with van der Waals surface area (Å²) in [6.07, 6.45) is 8.13. The molecule has 14 heavy (non-hydrogen) atoms. The Morgan fingerprint density at radius 1 is 1.43 bits per heavy atom. The molecule has 0 aromatic rings. The van der Waals surface area contributed by atoms with Gasteiger partial charge in [-0.2, -0.15) is 0 Å². The monoisotopic (exact) mass is 199 g/mol. The van der Waals surface area contributed by atoms with Crippen molar-refractivity contribution in [2.45, 2.75) is 64.5 Å². The Labute approximate surface area is 88.2 Å². The fourth-order valence-electron chi connectivity index (χ4n) is 2.32. The first-order valence-corrected chi connectivity index (χ1v) is 6.05. The zero-order valence-electron chi connectivity index (χ0n) is 9.67. The van der Waals surface area contributed by atoms with E-state index in [4.69, 9.17) is 10.5 Å². The van der Waals surface area contributed by atoms with Gasteiger partial charge in [0.1, 0.15) is 0 Å². The summed E-state index contributed by atoms with van der Waals surface area (Å²) in [7, 11) is 0. The van der Waals surface area contributed by atoms with Crippen LogP contribution in [-0.2, 0) is 4.74 Å². The lowest BCUT2D eigenvalue weighted by atomic mass is 9.96. The van der Waals surface area contributed by atoms with Crippen molar-refractivity contribution in [3.8, 4) is 0 Å². The number of hydrogen-bond donors (Lipinski definition) is 1. The zero-order valence-corrected chi connectivity index (χ0v) is 9.67. The fourth-order valence-corrected chi connectivity index (χ4v) is 2.32. The van der Waals surface area contributed by atoms with Crippen LogP contribution >= 0.6 is 0 Å². The van der Waals surface area contributed by atoms with E-state index in [0.29, 0.717) is 12.1 Å². The van der Waals surface area contributed by atoms with Crippen molar-refractivity contribution in [2.24, 2.45) is 11.7 Å². The first-order chi connectivity index (χ1) is 6.68. The lowest BCUT2D eigenvalue weighted by Crippen LogP contribution is -2.18. The van der Waals surface area contributed by atoms with Gasteiger partial charge in [-0.05, 0) is 38.5 Å². The molecule has 0 aromatic carbocycles. The molecule has 1 fully saturated rings. The summed E-state index contributed by atoms with van der Waals surface area (Å²) in [5.41, 5.74) is 5.76. The van der Waals surface area contributed by atoms with Crippen LogP contribution in [0.2, 0.25) is 0 Å². The Kier molecular flexibility index (Phi) is 5.49. The van der Waals surface area contributed by atoms with Gasteiger partial charge >= 0.3 is 0 Å². The van der Waals surface area contributed by atoms with Gasteiger partial charge in [-0.15, -0.1) is 0 Å². The molecule has 0 spiro atoms. The summed E-state index contributed by atoms with van der Waals surface area (Å²) in [6.45, 7) is 5.38. The Hall–Kier alpha value is -0.0800. The van der Waals surface area contributed by atoms with Crippen LogP contribution in [0.5, 0.6) is 0 Å². The molecule has 2 nitrogen and oxygen atoms in total. The van der Waals surface area contributed by atoms with Crippen LogP contribution in [0.1, 0.15) is 52.4 Å². The number of hydrogen-bond acceptors (Lipinski definition) is 2. The van der Waals surface area contributed by atoms with Gasteiger partial charge in [0.2, 0.25) is 0 Å². The SMILES string of the molecule is CC(N)CC(C)CCCC1CCCO1. The lowest BCUT2D eigenvalue weighted by Gasteiger charge is -2.15. The van der Waals surface area contributed by atoms with E-state index >= 15 is 0 Å². The minimum absolute atomic E-state index is 0.354. The smallest absolute Gasteiger partial charge is 0.0576 e. The maximum Gasteiger partial charge on any atom is 0.0576 e. The molecule has 3 unspecified atom stereocenters. The molecule has 0 aromatic heterocycles. The molecule has 0 radical (unpaired) electrons. The van der Waals surface area contributed by atoms with Crippen molar-refractivity contribution in [1.82, 2.24) is 0 Å². The van der Waals surface area contributed by atoms with Gasteiger partial charge in [0.05, 0.1) is 6.10 Å². The van der Waals surface area contributed by atoms with Crippen LogP contribution in [0.15, 0.2) is 0 Å². The van der Waals surface area contributed by atoms with Crippen LogP contribution in [0.25, 0.3) is 0 Å². The Morgan fingerprint density at radius 3 is 2.79 bits per heavy atom. The molecular weight excluding hydrogens is 174 g/mol. The second kappa shape index (κ2) is 6.41. The molecule has 1 rings (SSSR count). The highest BCUT2D eigenvalue weighted by atomic mass is 16.5. The van der Waals surface area contributed by atoms with Gasteiger partial charge in [-0.25, -0.2) is 0 Å². The fraction of sp³-hybridized carbons (Fsp3) is 1.00. The highest BCUT2D eigenvalue weighted by Crippen LogP contribution is 2.20. The van der Waals surface area contributed by atoms with Gasteiger partial charge in [0.15, 0.2) is 0 Å². The van der Waals surface area contributed by atoms with E-state index < -0.39 is 0 Å². The second-order valence-electron chi connectivity index (χ2n) is 4.88. The van der Waals surface area contributed by atoms with Crippen LogP contribution in [0.4, 0.5) is 0 Å². The van der Waals surface area contributed by atoms with Crippen molar-refractivity contribution in [3.63, 3.8) is 0 Å². The Morgan fingerprint density at radius 2 is 2.21 bits per heavy atom. The molecule has 0 saturated carbocycles. The van der Waals surface area contributed by atoms with Crippen LogP contribution in [0.3, 0.4) is 0 Å². The number of ether oxygens (including phenoxy) is 1. The summed E-state index contributed by atoms with van der Waals surface area (Å²) in [5, 5.41) is 0. The normalized spacial score (nSPS) is 26.4. The number of nitrogens with two attached hydrogens (primary N) is 1. The molecule has 0 bridgehead atoms. The molecule has 2 N–H and O–H groups in total. The predicted molar refractivity (Wildman–Crippen MR) is 60.3 cm³/mol. The summed E-state index contributed by atoms with van der Waals surface area (Å²) >= 11 is 0. The van der Waals surface area contributed by atoms with E-state index in [2.05, 4.69) is 13.8 Å². The van der Waals surface area contributed by atoms with Gasteiger partial charge in [-0.3, -0.25) is 0 Å². The van der Waals surface area contributed by atoms with E-state index in [9.17, 15) is 0 Å². The predicted octanol–water partition coefficient (Wildman–Crippen LogP) is 2.71. The Balaban J connectivity index is 1.96. The standard InChI is InChI=1S/C12H25NO/c1-10(9-11(2)13)5-3-6-12-7-4-8-14-12/h10-12H,3-9,13H2,1-2H3. The molecule has 1 heterocycles. The van der Waals surface area contributed by atoms with Crippen molar-refractivity contribution in [3.05, 3.63) is 0 Å². The van der Waals surface area contributed by atoms with Crippen molar-refractivity contribution in [1.29, 1.82) is 0 Å². The number of rotatable bonds is 6. The average molecular weight is 199 g/mol. The van der Waals surface area contributed by atoms with E-state index in [1.165, 1.54) is 32.1 Å². The zero-order chi connectivity index (χ0) is 10.4. The van der Waals surface area contributed by atoms with Gasteiger partial charge in [0.25, 0.3) is 0 Å². The van der Waals surface area contributed by atoms with Crippen LogP contribution in [0, 0.1) is 5.92 Å². The third kappa shape index (κ3) is 4.97. The highest BCUT2D eigenvalue weighted by molar-refractivity contribution is 4.66. The third-order valence-electron chi connectivity index (χ3n) is 3.02. The lowest BCUT2D eigenvalue weighted by molar-refractivity contribution is 0.101. The van der Waals surface area contributed by atoms with Crippen molar-refractivity contribution in [2.75, 3.05) is 6.61 Å². The molecule has 1 aliphatic heterocycles. The molecular formula is C12H25NO. The minimum Gasteiger partial charge on any atom is -0.378 e. The quantitative estimate of drug-likeness (QED) is 0.714.